The third-order valence-corrected chi connectivity index (χ3v) is 6.43. The number of hydrogen-bond donors (Lipinski definition) is 5. The number of benzene rings is 3. The number of esters is 1. The standard InChI is InChI=1S/C9H8F2N2O2.C9H10F2N2.C6H2F3NO2.C4H8O2.C3H7N.C2H6O.CH4/c10-6-3-4-7(13(14)15)9(8(6)11)12-5-1-2-5;10-6-3-4-7(12)9(8(6)11)13-5-1-2-5;7-3-1-2-4(10(11)12)6(9)5(3)8;1-3-6-4(2)5;4-3-1-2-3;1-2-3;/h3-5,12H,1-2H2;3-5,13H,1-2,12H2;1-2H;3H2,1-2H3;3H,1-2,4H2;3H,2H2,1H3;1H4. The topological polar surface area (TPSA) is 209 Å². The second-order valence-electron chi connectivity index (χ2n) is 11.2. The highest BCUT2D eigenvalue weighted by Crippen LogP contribution is 2.34. The first kappa shape index (κ1) is 48.8. The van der Waals surface area contributed by atoms with Crippen molar-refractivity contribution in [1.82, 2.24) is 0 Å². The van der Waals surface area contributed by atoms with Crippen LogP contribution in [0, 0.1) is 60.9 Å². The van der Waals surface area contributed by atoms with Gasteiger partial charge in [0.1, 0.15) is 0 Å². The van der Waals surface area contributed by atoms with Gasteiger partial charge in [-0.25, -0.2) is 26.3 Å². The van der Waals surface area contributed by atoms with Crippen molar-refractivity contribution in [1.29, 1.82) is 0 Å². The molecule has 0 heterocycles. The number of aliphatic hydroxyl groups is 1. The van der Waals surface area contributed by atoms with Crippen molar-refractivity contribution in [3.05, 3.63) is 97.3 Å². The Morgan fingerprint density at radius 1 is 0.741 bits per heavy atom. The molecule has 302 valence electrons. The highest BCUT2D eigenvalue weighted by molar-refractivity contribution is 5.67. The zero-order chi connectivity index (χ0) is 40.4. The van der Waals surface area contributed by atoms with Gasteiger partial charge in [0, 0.05) is 43.8 Å². The lowest BCUT2D eigenvalue weighted by molar-refractivity contribution is -0.387. The SMILES string of the molecule is C.CCO.CCOC(C)=O.NC1CC1.Nc1ccc(F)c(F)c1NC1CC1.O=[N+]([O-])c1ccc(F)c(F)c1F.O=[N+]([O-])c1ccc(F)c(F)c1NC1CC1. The van der Waals surface area contributed by atoms with Crippen molar-refractivity contribution in [2.45, 2.75) is 84.8 Å². The number of anilines is 3. The van der Waals surface area contributed by atoms with Crippen molar-refractivity contribution >= 4 is 34.4 Å². The van der Waals surface area contributed by atoms with Crippen LogP contribution in [0.4, 0.5) is 59.2 Å². The van der Waals surface area contributed by atoms with Crippen LogP contribution in [0.3, 0.4) is 0 Å². The molecule has 6 rings (SSSR count). The molecule has 3 aromatic carbocycles. The Labute approximate surface area is 307 Å². The number of hydrogen-bond acceptors (Lipinski definition) is 11. The maximum Gasteiger partial charge on any atom is 0.308 e. The molecule has 13 nitrogen and oxygen atoms in total. The number of aliphatic hydroxyl groups excluding tert-OH is 1. The molecule has 0 aliphatic heterocycles. The zero-order valence-corrected chi connectivity index (χ0v) is 28.9. The fourth-order valence-corrected chi connectivity index (χ4v) is 3.36. The molecule has 0 unspecified atom stereocenters. The van der Waals surface area contributed by atoms with Gasteiger partial charge in [-0.3, -0.25) is 25.0 Å². The first-order valence-corrected chi connectivity index (χ1v) is 16.1. The fourth-order valence-electron chi connectivity index (χ4n) is 3.36. The molecule has 0 saturated heterocycles. The molecule has 7 N–H and O–H groups in total. The Bertz CT molecular complexity index is 1680. The Balaban J connectivity index is 0.000000668. The number of nitrogen functional groups attached to an aromatic ring is 1. The normalized spacial score (nSPS) is 13.3. The largest absolute Gasteiger partial charge is 0.466 e. The summed E-state index contributed by atoms with van der Waals surface area (Å²) in [7, 11) is 0. The first-order valence-electron chi connectivity index (χ1n) is 16.1. The molecule has 3 saturated carbocycles. The van der Waals surface area contributed by atoms with Gasteiger partial charge in [-0.1, -0.05) is 7.43 Å². The minimum Gasteiger partial charge on any atom is -0.466 e. The predicted molar refractivity (Wildman–Crippen MR) is 189 cm³/mol. The summed E-state index contributed by atoms with van der Waals surface area (Å²) in [4.78, 5) is 28.5. The Morgan fingerprint density at radius 2 is 1.11 bits per heavy atom. The van der Waals surface area contributed by atoms with E-state index in [4.69, 9.17) is 16.6 Å². The number of nitro groups is 2. The van der Waals surface area contributed by atoms with Crippen LogP contribution in [0.25, 0.3) is 0 Å². The summed E-state index contributed by atoms with van der Waals surface area (Å²) in [6.07, 6.45) is 6.17. The van der Waals surface area contributed by atoms with E-state index in [2.05, 4.69) is 15.4 Å². The number of nitrogens with zero attached hydrogens (tertiary/aromatic N) is 2. The van der Waals surface area contributed by atoms with Gasteiger partial charge in [0.05, 0.1) is 27.8 Å². The molecular formula is C34H45F7N6O7. The van der Waals surface area contributed by atoms with Gasteiger partial charge < -0.3 is 31.9 Å². The van der Waals surface area contributed by atoms with Gasteiger partial charge in [0.15, 0.2) is 34.8 Å². The number of ether oxygens (including phenoxy) is 1. The lowest BCUT2D eigenvalue weighted by Crippen LogP contribution is -2.07. The second kappa shape index (κ2) is 24.1. The van der Waals surface area contributed by atoms with Gasteiger partial charge in [-0.05, 0) is 76.6 Å². The summed E-state index contributed by atoms with van der Waals surface area (Å²) in [5.41, 5.74) is 9.22. The van der Waals surface area contributed by atoms with Gasteiger partial charge >= 0.3 is 11.7 Å². The van der Waals surface area contributed by atoms with E-state index in [1.54, 1.807) is 13.8 Å². The van der Waals surface area contributed by atoms with Crippen LogP contribution >= 0.6 is 0 Å². The summed E-state index contributed by atoms with van der Waals surface area (Å²) < 4.78 is 93.4. The average Bonchev–Trinajstić information content (AvgIpc) is 3.94. The monoisotopic (exact) mass is 782 g/mol. The lowest BCUT2D eigenvalue weighted by Gasteiger charge is -2.09. The van der Waals surface area contributed by atoms with Crippen LogP contribution in [0.5, 0.6) is 0 Å². The highest BCUT2D eigenvalue weighted by atomic mass is 19.2. The summed E-state index contributed by atoms with van der Waals surface area (Å²) in [6.45, 7) is 5.58. The summed E-state index contributed by atoms with van der Waals surface area (Å²) >= 11 is 0. The molecule has 3 fully saturated rings. The van der Waals surface area contributed by atoms with E-state index in [-0.39, 0.29) is 49.1 Å². The van der Waals surface area contributed by atoms with Crippen LogP contribution in [-0.2, 0) is 9.53 Å². The first-order chi connectivity index (χ1) is 24.9. The van der Waals surface area contributed by atoms with E-state index < -0.39 is 61.9 Å². The molecule has 3 aromatic rings. The Morgan fingerprint density at radius 3 is 1.46 bits per heavy atom. The molecule has 3 aliphatic carbocycles. The van der Waals surface area contributed by atoms with Crippen molar-refractivity contribution in [2.75, 3.05) is 29.6 Å². The minimum absolute atomic E-state index is 0. The Hall–Kier alpha value is -5.24. The van der Waals surface area contributed by atoms with Gasteiger partial charge in [-0.15, -0.1) is 0 Å². The number of carbonyl (C=O) groups excluding carboxylic acids is 1. The maximum absolute atomic E-state index is 13.3. The van der Waals surface area contributed by atoms with E-state index >= 15 is 0 Å². The van der Waals surface area contributed by atoms with Crippen molar-refractivity contribution in [3.63, 3.8) is 0 Å². The number of nitrogens with two attached hydrogens (primary N) is 2. The summed E-state index contributed by atoms with van der Waals surface area (Å²) in [5, 5.41) is 33.6. The number of carbonyl (C=O) groups is 1. The van der Waals surface area contributed by atoms with Crippen molar-refractivity contribution in [2.24, 2.45) is 5.73 Å². The quantitative estimate of drug-likeness (QED) is 0.0389. The van der Waals surface area contributed by atoms with Crippen LogP contribution < -0.4 is 22.1 Å². The zero-order valence-electron chi connectivity index (χ0n) is 28.9. The van der Waals surface area contributed by atoms with Crippen LogP contribution in [0.2, 0.25) is 0 Å². The smallest absolute Gasteiger partial charge is 0.308 e. The third-order valence-electron chi connectivity index (χ3n) is 6.43. The molecule has 0 atom stereocenters. The second-order valence-corrected chi connectivity index (χ2v) is 11.2. The van der Waals surface area contributed by atoms with Crippen LogP contribution in [0.15, 0.2) is 36.4 Å². The number of nitrogens with one attached hydrogen (secondary N) is 2. The molecule has 0 radical (unpaired) electrons. The molecule has 20 heteroatoms. The molecule has 54 heavy (non-hydrogen) atoms. The summed E-state index contributed by atoms with van der Waals surface area (Å²) in [5.74, 6) is -9.27. The van der Waals surface area contributed by atoms with Gasteiger partial charge in [-0.2, -0.15) is 4.39 Å². The fraction of sp³-hybridized carbons (Fsp3) is 0.441. The van der Waals surface area contributed by atoms with E-state index in [0.29, 0.717) is 24.8 Å². The van der Waals surface area contributed by atoms with E-state index in [1.165, 1.54) is 25.8 Å². The summed E-state index contributed by atoms with van der Waals surface area (Å²) in [6, 6.07) is 6.05. The van der Waals surface area contributed by atoms with Crippen LogP contribution in [-0.4, -0.2) is 52.3 Å². The lowest BCUT2D eigenvalue weighted by atomic mass is 10.2. The van der Waals surface area contributed by atoms with Gasteiger partial charge in [0.2, 0.25) is 11.6 Å². The highest BCUT2D eigenvalue weighted by Gasteiger charge is 2.29. The van der Waals surface area contributed by atoms with Crippen LogP contribution in [0.1, 0.15) is 66.7 Å². The third kappa shape index (κ3) is 18.0. The Kier molecular flexibility index (Phi) is 21.8. The van der Waals surface area contributed by atoms with E-state index in [1.807, 2.05) is 0 Å². The number of halogens is 7. The number of nitro benzene ring substituents is 2. The average molecular weight is 783 g/mol. The maximum atomic E-state index is 13.3. The van der Waals surface area contributed by atoms with Crippen molar-refractivity contribution < 1.29 is 55.2 Å². The van der Waals surface area contributed by atoms with Crippen molar-refractivity contribution in [3.8, 4) is 0 Å². The minimum atomic E-state index is -1.83. The number of rotatable bonds is 7. The van der Waals surface area contributed by atoms with E-state index in [9.17, 15) is 55.8 Å². The molecule has 3 aliphatic rings. The molecule has 0 aromatic heterocycles. The molecule has 0 bridgehead atoms. The predicted octanol–water partition coefficient (Wildman–Crippen LogP) is 7.89. The molecule has 0 spiro atoms. The molecular weight excluding hydrogens is 737 g/mol. The van der Waals surface area contributed by atoms with E-state index in [0.717, 1.165) is 43.9 Å². The molecule has 0 amide bonds. The van der Waals surface area contributed by atoms with Gasteiger partial charge in [0.25, 0.3) is 5.69 Å².